The minimum absolute atomic E-state index is 0.0302. The fraction of sp³-hybridized carbons (Fsp3) is 0.233. The van der Waals surface area contributed by atoms with Gasteiger partial charge in [0, 0.05) is 23.1 Å². The van der Waals surface area contributed by atoms with Gasteiger partial charge in [0.1, 0.15) is 15.1 Å². The van der Waals surface area contributed by atoms with Crippen molar-refractivity contribution in [2.45, 2.75) is 39.3 Å². The second-order valence-electron chi connectivity index (χ2n) is 10.3. The summed E-state index contributed by atoms with van der Waals surface area (Å²) in [4.78, 5) is 0. The molecule has 0 amide bonds. The quantitative estimate of drug-likeness (QED) is 0.285. The topological polar surface area (TPSA) is 3.88 Å². The standard InChI is InChI=1S/C30H32NSi/c1-21-11-7-8-12-24(21)27-19-23(17-18-31(27)4)22-15-16-26-29(20-22)32(5,6)28-14-10-9-13-25(28)30(26,2)3/h7-20H,1-6H3/q+1. The lowest BCUT2D eigenvalue weighted by Gasteiger charge is -2.43. The Morgan fingerprint density at radius 1 is 0.719 bits per heavy atom. The van der Waals surface area contributed by atoms with Crippen LogP contribution < -0.4 is 14.9 Å². The Kier molecular flexibility index (Phi) is 4.76. The number of benzene rings is 3. The Labute approximate surface area is 193 Å². The summed E-state index contributed by atoms with van der Waals surface area (Å²) in [5.41, 5.74) is 9.48. The molecule has 0 atom stereocenters. The molecular weight excluding hydrogens is 402 g/mol. The lowest BCUT2D eigenvalue weighted by molar-refractivity contribution is -0.660. The number of fused-ring (bicyclic) bond motifs is 2. The zero-order valence-electron chi connectivity index (χ0n) is 20.0. The van der Waals surface area contributed by atoms with Crippen LogP contribution in [0, 0.1) is 6.92 Å². The molecule has 0 spiro atoms. The molecule has 0 radical (unpaired) electrons. The highest BCUT2D eigenvalue weighted by atomic mass is 28.3. The Morgan fingerprint density at radius 2 is 1.38 bits per heavy atom. The zero-order chi connectivity index (χ0) is 22.7. The summed E-state index contributed by atoms with van der Waals surface area (Å²) in [5.74, 6) is 0. The summed E-state index contributed by atoms with van der Waals surface area (Å²) >= 11 is 0. The van der Waals surface area contributed by atoms with Crippen molar-refractivity contribution in [1.82, 2.24) is 0 Å². The Hall–Kier alpha value is -2.97. The molecule has 0 aliphatic carbocycles. The molecule has 0 saturated heterocycles. The van der Waals surface area contributed by atoms with Crippen LogP contribution in [0.2, 0.25) is 13.1 Å². The average molecular weight is 435 g/mol. The molecule has 32 heavy (non-hydrogen) atoms. The summed E-state index contributed by atoms with van der Waals surface area (Å²) in [6.45, 7) is 12.0. The van der Waals surface area contributed by atoms with Gasteiger partial charge in [0.05, 0.1) is 0 Å². The maximum absolute atomic E-state index is 2.51. The predicted octanol–water partition coefficient (Wildman–Crippen LogP) is 5.62. The molecule has 3 aromatic carbocycles. The van der Waals surface area contributed by atoms with E-state index in [4.69, 9.17) is 0 Å². The van der Waals surface area contributed by atoms with Crippen molar-refractivity contribution in [2.24, 2.45) is 7.05 Å². The molecule has 0 N–H and O–H groups in total. The summed E-state index contributed by atoms with van der Waals surface area (Å²) < 4.78 is 2.22. The van der Waals surface area contributed by atoms with Gasteiger partial charge >= 0.3 is 0 Å². The van der Waals surface area contributed by atoms with Gasteiger partial charge in [-0.3, -0.25) is 0 Å². The van der Waals surface area contributed by atoms with Gasteiger partial charge in [-0.05, 0) is 46.0 Å². The van der Waals surface area contributed by atoms with E-state index in [1.165, 1.54) is 39.1 Å². The monoisotopic (exact) mass is 434 g/mol. The van der Waals surface area contributed by atoms with E-state index in [1.807, 2.05) is 0 Å². The van der Waals surface area contributed by atoms with Crippen LogP contribution in [0.15, 0.2) is 85.1 Å². The number of hydrogen-bond donors (Lipinski definition) is 0. The third kappa shape index (κ3) is 3.09. The summed E-state index contributed by atoms with van der Waals surface area (Å²) in [6.07, 6.45) is 2.19. The molecule has 160 valence electrons. The normalized spacial score (nSPS) is 15.7. The third-order valence-corrected chi connectivity index (χ3v) is 11.1. The molecule has 1 aliphatic rings. The van der Waals surface area contributed by atoms with E-state index in [0.29, 0.717) is 0 Å². The Balaban J connectivity index is 1.68. The smallest absolute Gasteiger partial charge is 0.201 e. The van der Waals surface area contributed by atoms with Crippen LogP contribution >= 0.6 is 0 Å². The summed E-state index contributed by atoms with van der Waals surface area (Å²) in [5, 5.41) is 3.15. The van der Waals surface area contributed by atoms with Crippen molar-refractivity contribution in [1.29, 1.82) is 0 Å². The highest BCUT2D eigenvalue weighted by Gasteiger charge is 2.42. The molecule has 0 unspecified atom stereocenters. The first-order valence-corrected chi connectivity index (χ1v) is 14.5. The predicted molar refractivity (Wildman–Crippen MR) is 139 cm³/mol. The van der Waals surface area contributed by atoms with E-state index >= 15 is 0 Å². The number of aryl methyl sites for hydroxylation is 2. The largest absolute Gasteiger partial charge is 0.213 e. The SMILES string of the molecule is Cc1ccccc1-c1cc(-c2ccc3c(c2)[Si](C)(C)c2ccccc2C3(C)C)cc[n+]1C. The molecule has 1 aromatic heterocycles. The van der Waals surface area contributed by atoms with Crippen molar-refractivity contribution in [3.63, 3.8) is 0 Å². The summed E-state index contributed by atoms with van der Waals surface area (Å²) in [6, 6.07) is 29.6. The van der Waals surface area contributed by atoms with Gasteiger partial charge < -0.3 is 0 Å². The Morgan fingerprint density at radius 3 is 2.16 bits per heavy atom. The highest BCUT2D eigenvalue weighted by Crippen LogP contribution is 2.37. The van der Waals surface area contributed by atoms with Crippen LogP contribution in [0.3, 0.4) is 0 Å². The second kappa shape index (κ2) is 7.28. The number of nitrogens with zero attached hydrogens (tertiary/aromatic N) is 1. The van der Waals surface area contributed by atoms with Crippen molar-refractivity contribution >= 4 is 18.4 Å². The fourth-order valence-corrected chi connectivity index (χ4v) is 8.98. The number of hydrogen-bond acceptors (Lipinski definition) is 0. The van der Waals surface area contributed by atoms with Crippen molar-refractivity contribution in [3.05, 3.63) is 102 Å². The molecule has 0 bridgehead atoms. The van der Waals surface area contributed by atoms with Gasteiger partial charge in [-0.25, -0.2) is 4.57 Å². The van der Waals surface area contributed by atoms with Crippen LogP contribution in [-0.4, -0.2) is 8.07 Å². The zero-order valence-corrected chi connectivity index (χ0v) is 21.0. The first kappa shape index (κ1) is 20.9. The highest BCUT2D eigenvalue weighted by molar-refractivity contribution is 7.01. The van der Waals surface area contributed by atoms with Gasteiger partial charge in [-0.1, -0.05) is 92.8 Å². The van der Waals surface area contributed by atoms with E-state index in [-0.39, 0.29) is 5.41 Å². The fourth-order valence-electron chi connectivity index (χ4n) is 5.53. The van der Waals surface area contributed by atoms with E-state index in [0.717, 1.165) is 0 Å². The molecule has 0 saturated carbocycles. The van der Waals surface area contributed by atoms with Crippen LogP contribution in [0.1, 0.15) is 30.5 Å². The maximum Gasteiger partial charge on any atom is 0.213 e. The van der Waals surface area contributed by atoms with Crippen LogP contribution in [0.25, 0.3) is 22.4 Å². The molecular formula is C30H32NSi+. The van der Waals surface area contributed by atoms with Gasteiger partial charge in [-0.2, -0.15) is 0 Å². The first-order valence-electron chi connectivity index (χ1n) is 11.5. The molecule has 0 fully saturated rings. The van der Waals surface area contributed by atoms with Gasteiger partial charge in [0.25, 0.3) is 0 Å². The maximum atomic E-state index is 2.51. The average Bonchev–Trinajstić information content (AvgIpc) is 2.79. The molecule has 4 aromatic rings. The number of rotatable bonds is 2. The van der Waals surface area contributed by atoms with Crippen LogP contribution in [0.5, 0.6) is 0 Å². The van der Waals surface area contributed by atoms with Crippen LogP contribution in [-0.2, 0) is 12.5 Å². The molecule has 5 rings (SSSR count). The van der Waals surface area contributed by atoms with Gasteiger partial charge in [-0.15, -0.1) is 0 Å². The molecule has 2 heterocycles. The lowest BCUT2D eigenvalue weighted by Crippen LogP contribution is -2.61. The van der Waals surface area contributed by atoms with E-state index < -0.39 is 8.07 Å². The third-order valence-electron chi connectivity index (χ3n) is 7.54. The second-order valence-corrected chi connectivity index (χ2v) is 14.6. The van der Waals surface area contributed by atoms with Gasteiger partial charge in [0.2, 0.25) is 5.69 Å². The van der Waals surface area contributed by atoms with Gasteiger partial charge in [0.15, 0.2) is 6.20 Å². The minimum Gasteiger partial charge on any atom is -0.201 e. The Bertz CT molecular complexity index is 1350. The van der Waals surface area contributed by atoms with Crippen molar-refractivity contribution in [2.75, 3.05) is 0 Å². The van der Waals surface area contributed by atoms with E-state index in [1.54, 1.807) is 10.4 Å². The summed E-state index contributed by atoms with van der Waals surface area (Å²) in [7, 11) is 0.345. The van der Waals surface area contributed by atoms with E-state index in [2.05, 4.69) is 131 Å². The van der Waals surface area contributed by atoms with Crippen LogP contribution in [0.4, 0.5) is 0 Å². The van der Waals surface area contributed by atoms with Crippen molar-refractivity contribution in [3.8, 4) is 22.4 Å². The number of aromatic nitrogens is 1. The number of pyridine rings is 1. The molecule has 2 heteroatoms. The first-order chi connectivity index (χ1) is 15.2. The molecule has 1 nitrogen and oxygen atoms in total. The molecule has 1 aliphatic heterocycles. The van der Waals surface area contributed by atoms with Crippen molar-refractivity contribution < 1.29 is 4.57 Å². The lowest BCUT2D eigenvalue weighted by atomic mass is 9.77. The van der Waals surface area contributed by atoms with E-state index in [9.17, 15) is 0 Å². The minimum atomic E-state index is -1.79.